The number of aromatic nitrogens is 2. The van der Waals surface area contributed by atoms with Crippen molar-refractivity contribution in [1.29, 1.82) is 0 Å². The van der Waals surface area contributed by atoms with Crippen LogP contribution in [0, 0.1) is 0 Å². The predicted molar refractivity (Wildman–Crippen MR) is 98.4 cm³/mol. The fourth-order valence-corrected chi connectivity index (χ4v) is 4.21. The molecule has 2 saturated heterocycles. The van der Waals surface area contributed by atoms with Crippen molar-refractivity contribution in [3.63, 3.8) is 0 Å². The van der Waals surface area contributed by atoms with E-state index in [4.69, 9.17) is 5.73 Å². The Kier molecular flexibility index (Phi) is 5.78. The van der Waals surface area contributed by atoms with E-state index < -0.39 is 34.4 Å². The van der Waals surface area contributed by atoms with Gasteiger partial charge >= 0.3 is 11.9 Å². The summed E-state index contributed by atoms with van der Waals surface area (Å²) >= 11 is 0. The fraction of sp³-hybridized carbons (Fsp3) is 0.611. The predicted octanol–water partition coefficient (Wildman–Crippen LogP) is -0.290. The van der Waals surface area contributed by atoms with E-state index in [0.717, 1.165) is 0 Å². The van der Waals surface area contributed by atoms with Gasteiger partial charge in [0.05, 0.1) is 12.9 Å². The summed E-state index contributed by atoms with van der Waals surface area (Å²) in [5.41, 5.74) is 6.30. The summed E-state index contributed by atoms with van der Waals surface area (Å²) in [5, 5.41) is 5.40. The number of likely N-dealkylation sites (tertiary alicyclic amines) is 1. The number of urea groups is 1. The van der Waals surface area contributed by atoms with Gasteiger partial charge in [-0.2, -0.15) is 4.48 Å². The van der Waals surface area contributed by atoms with Crippen molar-refractivity contribution in [2.24, 2.45) is 5.73 Å². The lowest BCUT2D eigenvalue weighted by molar-refractivity contribution is -0.784. The summed E-state index contributed by atoms with van der Waals surface area (Å²) < 4.78 is -0.476. The molecule has 0 radical (unpaired) electrons. The van der Waals surface area contributed by atoms with E-state index in [9.17, 15) is 19.2 Å². The summed E-state index contributed by atoms with van der Waals surface area (Å²) in [6.45, 7) is 2.15. The highest BCUT2D eigenvalue weighted by Crippen LogP contribution is 2.29. The van der Waals surface area contributed by atoms with Gasteiger partial charge in [0.2, 0.25) is 11.8 Å². The summed E-state index contributed by atoms with van der Waals surface area (Å²) in [6, 6.07) is -2.60. The quantitative estimate of drug-likeness (QED) is 0.509. The first-order valence-corrected chi connectivity index (χ1v) is 9.63. The number of nitrogens with one attached hydrogen (secondary N) is 3. The molecule has 10 heteroatoms. The first kappa shape index (κ1) is 20.0. The van der Waals surface area contributed by atoms with Gasteiger partial charge in [0.25, 0.3) is 0 Å². The Morgan fingerprint density at radius 3 is 2.71 bits per heavy atom. The van der Waals surface area contributed by atoms with Crippen molar-refractivity contribution >= 4 is 23.8 Å². The van der Waals surface area contributed by atoms with E-state index >= 15 is 0 Å². The lowest BCUT2D eigenvalue weighted by Gasteiger charge is -2.34. The number of piperidine rings is 1. The van der Waals surface area contributed by atoms with Crippen molar-refractivity contribution in [2.45, 2.75) is 63.6 Å². The smallest absolute Gasteiger partial charge is 0.348 e. The Labute approximate surface area is 162 Å². The summed E-state index contributed by atoms with van der Waals surface area (Å²) in [6.07, 6.45) is 6.13. The third-order valence-electron chi connectivity index (χ3n) is 5.81. The lowest BCUT2D eigenvalue weighted by Crippen LogP contribution is -2.67. The van der Waals surface area contributed by atoms with Crippen molar-refractivity contribution in [1.82, 2.24) is 20.6 Å². The number of quaternary nitrogens is 1. The van der Waals surface area contributed by atoms with Gasteiger partial charge in [-0.25, -0.2) is 14.6 Å². The van der Waals surface area contributed by atoms with Crippen LogP contribution in [0.4, 0.5) is 4.79 Å². The highest BCUT2D eigenvalue weighted by molar-refractivity contribution is 5.93. The first-order valence-electron chi connectivity index (χ1n) is 9.63. The van der Waals surface area contributed by atoms with Crippen LogP contribution in [0.15, 0.2) is 12.5 Å². The maximum Gasteiger partial charge on any atom is 0.421 e. The van der Waals surface area contributed by atoms with Crippen LogP contribution in [0.2, 0.25) is 0 Å². The van der Waals surface area contributed by atoms with Crippen LogP contribution in [0.25, 0.3) is 0 Å². The second-order valence-corrected chi connectivity index (χ2v) is 7.61. The zero-order chi connectivity index (χ0) is 20.3. The molecule has 3 rings (SSSR count). The van der Waals surface area contributed by atoms with Crippen LogP contribution in [0.1, 0.15) is 44.7 Å². The van der Waals surface area contributed by atoms with E-state index in [1.165, 1.54) is 6.33 Å². The number of nitrogens with two attached hydrogens (primary N) is 1. The minimum Gasteiger partial charge on any atom is -0.348 e. The van der Waals surface area contributed by atoms with Gasteiger partial charge in [0.1, 0.15) is 12.1 Å². The molecule has 2 aliphatic rings. The van der Waals surface area contributed by atoms with Gasteiger partial charge in [0.15, 0.2) is 6.04 Å². The molecule has 1 aromatic rings. The standard InChI is InChI=1S/C18H26N6O4/c1-11-4-3-7-24(11,18(19)28)17(27)14(8-12-9-20-10-21-12)23-16(26)13-5-2-6-15(25)22-13/h9-11,13-14H,2-8H2,1H3,(H4-,19,20,21,22,23,25,26,28)/p+1/t11-,13?,14+,24?/m1/s1. The topological polar surface area (TPSA) is 147 Å². The molecular weight excluding hydrogens is 364 g/mol. The largest absolute Gasteiger partial charge is 0.421 e. The van der Waals surface area contributed by atoms with Gasteiger partial charge in [-0.3, -0.25) is 9.59 Å². The zero-order valence-electron chi connectivity index (χ0n) is 15.9. The molecule has 5 N–H and O–H groups in total. The molecule has 0 saturated carbocycles. The molecule has 2 aliphatic heterocycles. The second-order valence-electron chi connectivity index (χ2n) is 7.61. The average Bonchev–Trinajstić information content (AvgIpc) is 3.30. The molecule has 0 aliphatic carbocycles. The first-order chi connectivity index (χ1) is 13.3. The molecule has 1 aromatic heterocycles. The molecule has 0 aromatic carbocycles. The number of imide groups is 1. The number of nitrogens with zero attached hydrogens (tertiary/aromatic N) is 2. The molecule has 10 nitrogen and oxygen atoms in total. The maximum atomic E-state index is 13.5. The average molecular weight is 391 g/mol. The third kappa shape index (κ3) is 3.77. The van der Waals surface area contributed by atoms with Crippen LogP contribution in [-0.4, -0.2) is 62.9 Å². The Morgan fingerprint density at radius 1 is 1.36 bits per heavy atom. The summed E-state index contributed by atoms with van der Waals surface area (Å²) in [4.78, 5) is 57.0. The van der Waals surface area contributed by atoms with Crippen LogP contribution in [0.5, 0.6) is 0 Å². The van der Waals surface area contributed by atoms with Gasteiger partial charge in [-0.05, 0) is 19.8 Å². The van der Waals surface area contributed by atoms with E-state index in [2.05, 4.69) is 20.6 Å². The second kappa shape index (κ2) is 8.09. The molecular formula is C18H27N6O4+. The molecule has 4 atom stereocenters. The molecule has 152 valence electrons. The minimum atomic E-state index is -0.958. The Hall–Kier alpha value is -2.75. The fourth-order valence-electron chi connectivity index (χ4n) is 4.21. The molecule has 28 heavy (non-hydrogen) atoms. The van der Waals surface area contributed by atoms with E-state index in [-0.39, 0.29) is 18.4 Å². The highest BCUT2D eigenvalue weighted by atomic mass is 16.2. The lowest BCUT2D eigenvalue weighted by atomic mass is 10.0. The van der Waals surface area contributed by atoms with Gasteiger partial charge in [-0.1, -0.05) is 0 Å². The Bertz CT molecular complexity index is 764. The van der Waals surface area contributed by atoms with Crippen molar-refractivity contribution in [2.75, 3.05) is 6.54 Å². The summed E-state index contributed by atoms with van der Waals surface area (Å²) in [7, 11) is 0. The molecule has 3 heterocycles. The van der Waals surface area contributed by atoms with E-state index in [0.29, 0.717) is 44.3 Å². The molecule has 0 bridgehead atoms. The van der Waals surface area contributed by atoms with Crippen molar-refractivity contribution in [3.05, 3.63) is 18.2 Å². The maximum absolute atomic E-state index is 13.5. The number of rotatable bonds is 5. The number of hydrogen-bond donors (Lipinski definition) is 4. The highest BCUT2D eigenvalue weighted by Gasteiger charge is 2.54. The molecule has 2 unspecified atom stereocenters. The van der Waals surface area contributed by atoms with Crippen molar-refractivity contribution < 1.29 is 23.7 Å². The SMILES string of the molecule is C[C@@H]1CCC[N+]1(C(N)=O)C(=O)[C@H](Cc1cnc[nH]1)NC(=O)C1CCCC(=O)N1. The normalized spacial score (nSPS) is 28.4. The van der Waals surface area contributed by atoms with Crippen LogP contribution < -0.4 is 16.4 Å². The van der Waals surface area contributed by atoms with Gasteiger partial charge in [0, 0.05) is 37.6 Å². The van der Waals surface area contributed by atoms with Gasteiger partial charge in [-0.15, -0.1) is 0 Å². The number of imidazole rings is 1. The Morgan fingerprint density at radius 2 is 2.14 bits per heavy atom. The molecule has 0 spiro atoms. The van der Waals surface area contributed by atoms with Crippen LogP contribution in [0.3, 0.4) is 0 Å². The molecule has 5 amide bonds. The number of carbonyl (C=O) groups is 4. The number of H-pyrrole nitrogens is 1. The van der Waals surface area contributed by atoms with Crippen LogP contribution in [-0.2, 0) is 20.8 Å². The number of amides is 5. The van der Waals surface area contributed by atoms with Crippen molar-refractivity contribution in [3.8, 4) is 0 Å². The van der Waals surface area contributed by atoms with E-state index in [1.807, 2.05) is 6.92 Å². The van der Waals surface area contributed by atoms with E-state index in [1.54, 1.807) is 6.20 Å². The number of aromatic amines is 1. The third-order valence-corrected chi connectivity index (χ3v) is 5.81. The van der Waals surface area contributed by atoms with Gasteiger partial charge < -0.3 is 21.4 Å². The monoisotopic (exact) mass is 391 g/mol. The zero-order valence-corrected chi connectivity index (χ0v) is 15.9. The summed E-state index contributed by atoms with van der Waals surface area (Å²) in [5.74, 6) is -1.04. The van der Waals surface area contributed by atoms with Crippen LogP contribution >= 0.6 is 0 Å². The minimum absolute atomic E-state index is 0.158. The number of primary amides is 1. The Balaban J connectivity index is 1.84. The molecule has 2 fully saturated rings. The number of hydrogen-bond acceptors (Lipinski definition) is 5. The number of carbonyl (C=O) groups excluding carboxylic acids is 4.